The Bertz CT molecular complexity index is 543. The van der Waals surface area contributed by atoms with E-state index in [4.69, 9.17) is 0 Å². The van der Waals surface area contributed by atoms with Crippen LogP contribution < -0.4 is 0 Å². The molecule has 6 nitrogen and oxygen atoms in total. The average molecular weight is 332 g/mol. The van der Waals surface area contributed by atoms with E-state index in [0.29, 0.717) is 18.9 Å². The third-order valence-electron chi connectivity index (χ3n) is 5.22. The number of piperidine rings is 1. The van der Waals surface area contributed by atoms with Crippen molar-refractivity contribution in [3.8, 4) is 0 Å². The molecule has 2 aliphatic heterocycles. The van der Waals surface area contributed by atoms with Crippen molar-refractivity contribution in [1.29, 1.82) is 0 Å². The zero-order valence-corrected chi connectivity index (χ0v) is 14.4. The predicted molar refractivity (Wildman–Crippen MR) is 91.2 cm³/mol. The van der Waals surface area contributed by atoms with Crippen LogP contribution in [0.5, 0.6) is 0 Å². The van der Waals surface area contributed by atoms with Gasteiger partial charge in [-0.05, 0) is 38.5 Å². The molecule has 1 aromatic heterocycles. The first kappa shape index (κ1) is 17.0. The third kappa shape index (κ3) is 4.36. The number of carbonyl (C=O) groups excluding carboxylic acids is 2. The highest BCUT2D eigenvalue weighted by atomic mass is 16.2. The minimum atomic E-state index is 0.271. The Morgan fingerprint density at radius 1 is 1.21 bits per heavy atom. The number of nitrogens with zero attached hydrogens (tertiary/aromatic N) is 4. The molecular weight excluding hydrogens is 304 g/mol. The Morgan fingerprint density at radius 3 is 2.88 bits per heavy atom. The fourth-order valence-electron chi connectivity index (χ4n) is 3.85. The van der Waals surface area contributed by atoms with Crippen LogP contribution in [0.4, 0.5) is 0 Å². The number of aromatic nitrogens is 2. The van der Waals surface area contributed by atoms with Gasteiger partial charge in [0.1, 0.15) is 0 Å². The number of hydrogen-bond acceptors (Lipinski definition) is 3. The Kier molecular flexibility index (Phi) is 5.88. The summed E-state index contributed by atoms with van der Waals surface area (Å²) >= 11 is 0. The van der Waals surface area contributed by atoms with Gasteiger partial charge in [0.25, 0.3) is 0 Å². The molecule has 6 heteroatoms. The number of carbonyl (C=O) groups is 2. The molecule has 0 saturated carbocycles. The van der Waals surface area contributed by atoms with E-state index in [2.05, 4.69) is 9.88 Å². The van der Waals surface area contributed by atoms with Gasteiger partial charge in [-0.25, -0.2) is 4.98 Å². The quantitative estimate of drug-likeness (QED) is 0.768. The topological polar surface area (TPSA) is 58.4 Å². The van der Waals surface area contributed by atoms with Crippen LogP contribution in [0.25, 0.3) is 0 Å². The van der Waals surface area contributed by atoms with Gasteiger partial charge >= 0.3 is 0 Å². The monoisotopic (exact) mass is 332 g/mol. The summed E-state index contributed by atoms with van der Waals surface area (Å²) in [4.78, 5) is 32.4. The molecule has 2 saturated heterocycles. The average Bonchev–Trinajstić information content (AvgIpc) is 3.25. The molecular formula is C18H28N4O2. The number of rotatable bonds is 7. The van der Waals surface area contributed by atoms with Crippen LogP contribution in [0.3, 0.4) is 0 Å². The summed E-state index contributed by atoms with van der Waals surface area (Å²) in [6, 6.07) is 0.313. The molecule has 2 aliphatic rings. The van der Waals surface area contributed by atoms with Crippen molar-refractivity contribution in [3.63, 3.8) is 0 Å². The van der Waals surface area contributed by atoms with Gasteiger partial charge in [0.2, 0.25) is 11.8 Å². The highest BCUT2D eigenvalue weighted by Gasteiger charge is 2.28. The summed E-state index contributed by atoms with van der Waals surface area (Å²) < 4.78 is 2.01. The summed E-state index contributed by atoms with van der Waals surface area (Å²) in [5.74, 6) is 0.552. The largest absolute Gasteiger partial charge is 0.343 e. The molecule has 0 aromatic carbocycles. The molecule has 3 rings (SSSR count). The second-order valence-corrected chi connectivity index (χ2v) is 6.91. The van der Waals surface area contributed by atoms with E-state index in [9.17, 15) is 9.59 Å². The van der Waals surface area contributed by atoms with Crippen LogP contribution in [0.15, 0.2) is 18.7 Å². The molecule has 1 aromatic rings. The van der Waals surface area contributed by atoms with Gasteiger partial charge in [-0.15, -0.1) is 0 Å². The van der Waals surface area contributed by atoms with Gasteiger partial charge in [0.05, 0.1) is 6.33 Å². The van der Waals surface area contributed by atoms with Gasteiger partial charge in [0, 0.05) is 57.5 Å². The zero-order chi connectivity index (χ0) is 16.8. The zero-order valence-electron chi connectivity index (χ0n) is 14.4. The lowest BCUT2D eigenvalue weighted by Crippen LogP contribution is -2.45. The van der Waals surface area contributed by atoms with Crippen molar-refractivity contribution >= 4 is 11.8 Å². The summed E-state index contributed by atoms with van der Waals surface area (Å²) in [6.45, 7) is 3.42. The lowest BCUT2D eigenvalue weighted by molar-refractivity contribution is -0.135. The lowest BCUT2D eigenvalue weighted by atomic mass is 9.98. The Labute approximate surface area is 143 Å². The SMILES string of the molecule is O=C1CCCN1CC[C@H]1CCCCN1C(=O)CCCn1ccnc1. The molecule has 24 heavy (non-hydrogen) atoms. The fraction of sp³-hybridized carbons (Fsp3) is 0.722. The number of likely N-dealkylation sites (tertiary alicyclic amines) is 2. The minimum absolute atomic E-state index is 0.271. The molecule has 0 N–H and O–H groups in total. The molecule has 0 aliphatic carbocycles. The normalized spacial score (nSPS) is 21.5. The maximum absolute atomic E-state index is 12.6. The first-order valence-electron chi connectivity index (χ1n) is 9.27. The molecule has 132 valence electrons. The number of aryl methyl sites for hydroxylation is 1. The van der Waals surface area contributed by atoms with E-state index in [1.165, 1.54) is 6.42 Å². The van der Waals surface area contributed by atoms with Crippen molar-refractivity contribution < 1.29 is 9.59 Å². The van der Waals surface area contributed by atoms with E-state index in [0.717, 1.165) is 58.3 Å². The molecule has 2 fully saturated rings. The van der Waals surface area contributed by atoms with Crippen molar-refractivity contribution in [1.82, 2.24) is 19.4 Å². The van der Waals surface area contributed by atoms with Gasteiger partial charge < -0.3 is 14.4 Å². The molecule has 0 unspecified atom stereocenters. The Hall–Kier alpha value is -1.85. The predicted octanol–water partition coefficient (Wildman–Crippen LogP) is 2.06. The van der Waals surface area contributed by atoms with Crippen LogP contribution in [0.2, 0.25) is 0 Å². The van der Waals surface area contributed by atoms with Crippen LogP contribution in [-0.2, 0) is 16.1 Å². The smallest absolute Gasteiger partial charge is 0.222 e. The van der Waals surface area contributed by atoms with Crippen molar-refractivity contribution in [3.05, 3.63) is 18.7 Å². The lowest BCUT2D eigenvalue weighted by Gasteiger charge is -2.37. The molecule has 0 radical (unpaired) electrons. The summed E-state index contributed by atoms with van der Waals surface area (Å²) in [5.41, 5.74) is 0. The maximum Gasteiger partial charge on any atom is 0.222 e. The summed E-state index contributed by atoms with van der Waals surface area (Å²) in [6.07, 6.45) is 12.9. The second kappa shape index (κ2) is 8.31. The van der Waals surface area contributed by atoms with E-state index in [1.807, 2.05) is 15.7 Å². The van der Waals surface area contributed by atoms with Gasteiger partial charge in [-0.1, -0.05) is 0 Å². The number of amides is 2. The van der Waals surface area contributed by atoms with E-state index in [1.54, 1.807) is 12.5 Å². The van der Waals surface area contributed by atoms with Crippen LogP contribution in [-0.4, -0.2) is 56.8 Å². The first-order valence-corrected chi connectivity index (χ1v) is 9.27. The molecule has 1 atom stereocenters. The van der Waals surface area contributed by atoms with Gasteiger partial charge in [0.15, 0.2) is 0 Å². The molecule has 2 amide bonds. The Morgan fingerprint density at radius 2 is 2.12 bits per heavy atom. The fourth-order valence-corrected chi connectivity index (χ4v) is 3.85. The minimum Gasteiger partial charge on any atom is -0.343 e. The highest BCUT2D eigenvalue weighted by Crippen LogP contribution is 2.22. The molecule has 3 heterocycles. The first-order chi connectivity index (χ1) is 11.7. The highest BCUT2D eigenvalue weighted by molar-refractivity contribution is 5.78. The van der Waals surface area contributed by atoms with Crippen LogP contribution in [0.1, 0.15) is 51.4 Å². The van der Waals surface area contributed by atoms with E-state index >= 15 is 0 Å². The van der Waals surface area contributed by atoms with Crippen molar-refractivity contribution in [2.75, 3.05) is 19.6 Å². The summed E-state index contributed by atoms with van der Waals surface area (Å²) in [7, 11) is 0. The third-order valence-corrected chi connectivity index (χ3v) is 5.22. The van der Waals surface area contributed by atoms with E-state index < -0.39 is 0 Å². The summed E-state index contributed by atoms with van der Waals surface area (Å²) in [5, 5.41) is 0. The number of imidazole rings is 1. The van der Waals surface area contributed by atoms with Crippen molar-refractivity contribution in [2.24, 2.45) is 0 Å². The Balaban J connectivity index is 1.45. The molecule has 0 bridgehead atoms. The standard InChI is InChI=1S/C18H28N4O2/c23-17-6-4-11-21(17)13-8-16-5-1-2-12-22(16)18(24)7-3-10-20-14-9-19-15-20/h9,14-16H,1-8,10-13H2/t16-/m1/s1. The van der Waals surface area contributed by atoms with Gasteiger partial charge in [-0.2, -0.15) is 0 Å². The molecule has 0 spiro atoms. The number of hydrogen-bond donors (Lipinski definition) is 0. The van der Waals surface area contributed by atoms with Gasteiger partial charge in [-0.3, -0.25) is 9.59 Å². The second-order valence-electron chi connectivity index (χ2n) is 6.91. The van der Waals surface area contributed by atoms with Crippen LogP contribution in [0, 0.1) is 0 Å². The maximum atomic E-state index is 12.6. The van der Waals surface area contributed by atoms with Crippen molar-refractivity contribution in [2.45, 2.75) is 64.0 Å². The van der Waals surface area contributed by atoms with E-state index in [-0.39, 0.29) is 11.8 Å². The van der Waals surface area contributed by atoms with Crippen LogP contribution >= 0.6 is 0 Å².